The van der Waals surface area contributed by atoms with Crippen molar-refractivity contribution < 1.29 is 9.59 Å². The molecule has 5 heteroatoms. The Balaban J connectivity index is 1.74. The van der Waals surface area contributed by atoms with Crippen molar-refractivity contribution >= 4 is 29.3 Å². The molecule has 0 bridgehead atoms. The van der Waals surface area contributed by atoms with Crippen LogP contribution < -0.4 is 10.2 Å². The zero-order valence-electron chi connectivity index (χ0n) is 16.1. The van der Waals surface area contributed by atoms with Crippen molar-refractivity contribution in [3.63, 3.8) is 0 Å². The second-order valence-corrected chi connectivity index (χ2v) is 8.14. The Morgan fingerprint density at radius 3 is 2.52 bits per heavy atom. The molecule has 2 amide bonds. The van der Waals surface area contributed by atoms with Gasteiger partial charge in [-0.25, -0.2) is 0 Å². The summed E-state index contributed by atoms with van der Waals surface area (Å²) in [5, 5.41) is 3.13. The lowest BCUT2D eigenvalue weighted by atomic mass is 9.95. The standard InChI is InChI=1S/C22H26N2O2S/c1-4-16-9-11-17(12-10-16)22(15(2)3)23-20(25)13-24-18-7-5-6-8-19(18)27-14-21(24)26/h5-12,15,22H,4,13-14H2,1-3H3,(H,23,25). The lowest BCUT2D eigenvalue weighted by Crippen LogP contribution is -2.44. The summed E-state index contributed by atoms with van der Waals surface area (Å²) in [5.74, 6) is 0.461. The van der Waals surface area contributed by atoms with Gasteiger partial charge in [0.1, 0.15) is 6.54 Å². The van der Waals surface area contributed by atoms with Gasteiger partial charge in [-0.2, -0.15) is 0 Å². The summed E-state index contributed by atoms with van der Waals surface area (Å²) in [5.41, 5.74) is 3.19. The molecule has 1 aliphatic rings. The van der Waals surface area contributed by atoms with Gasteiger partial charge in [0.25, 0.3) is 0 Å². The number of thioether (sulfide) groups is 1. The van der Waals surface area contributed by atoms with Crippen molar-refractivity contribution in [1.29, 1.82) is 0 Å². The Hall–Kier alpha value is -2.27. The van der Waals surface area contributed by atoms with Gasteiger partial charge in [-0.1, -0.05) is 57.2 Å². The summed E-state index contributed by atoms with van der Waals surface area (Å²) >= 11 is 1.52. The summed E-state index contributed by atoms with van der Waals surface area (Å²) in [7, 11) is 0. The van der Waals surface area contributed by atoms with Crippen molar-refractivity contribution in [3.05, 3.63) is 59.7 Å². The van der Waals surface area contributed by atoms with E-state index < -0.39 is 0 Å². The number of aryl methyl sites for hydroxylation is 1. The highest BCUT2D eigenvalue weighted by Gasteiger charge is 2.27. The molecule has 2 aromatic carbocycles. The number of carbonyl (C=O) groups is 2. The third-order valence-electron chi connectivity index (χ3n) is 4.84. The average Bonchev–Trinajstić information content (AvgIpc) is 2.68. The molecule has 3 rings (SSSR count). The monoisotopic (exact) mass is 382 g/mol. The van der Waals surface area contributed by atoms with Gasteiger partial charge in [0.05, 0.1) is 17.5 Å². The van der Waals surface area contributed by atoms with Crippen LogP contribution in [0.15, 0.2) is 53.4 Å². The lowest BCUT2D eigenvalue weighted by Gasteiger charge is -2.30. The Kier molecular flexibility index (Phi) is 6.22. The maximum Gasteiger partial charge on any atom is 0.240 e. The minimum absolute atomic E-state index is 0.0257. The summed E-state index contributed by atoms with van der Waals surface area (Å²) in [4.78, 5) is 27.8. The van der Waals surface area contributed by atoms with Crippen LogP contribution >= 0.6 is 11.8 Å². The van der Waals surface area contributed by atoms with E-state index in [1.807, 2.05) is 24.3 Å². The molecule has 0 saturated carbocycles. The molecule has 0 saturated heterocycles. The number of amides is 2. The lowest BCUT2D eigenvalue weighted by molar-refractivity contribution is -0.123. The van der Waals surface area contributed by atoms with Crippen LogP contribution in [0.4, 0.5) is 5.69 Å². The number of rotatable bonds is 6. The van der Waals surface area contributed by atoms with Crippen LogP contribution in [0.2, 0.25) is 0 Å². The van der Waals surface area contributed by atoms with Crippen molar-refractivity contribution in [2.24, 2.45) is 5.92 Å². The van der Waals surface area contributed by atoms with Gasteiger partial charge in [0.2, 0.25) is 11.8 Å². The SMILES string of the molecule is CCc1ccc(C(NC(=O)CN2C(=O)CSc3ccccc32)C(C)C)cc1. The van der Waals surface area contributed by atoms with Crippen LogP contribution in [0.5, 0.6) is 0 Å². The van der Waals surface area contributed by atoms with Crippen LogP contribution in [0, 0.1) is 5.92 Å². The Morgan fingerprint density at radius 2 is 1.85 bits per heavy atom. The fourth-order valence-corrected chi connectivity index (χ4v) is 4.22. The second-order valence-electron chi connectivity index (χ2n) is 7.12. The van der Waals surface area contributed by atoms with Gasteiger partial charge in [-0.15, -0.1) is 11.8 Å². The molecule has 1 aliphatic heterocycles. The second kappa shape index (κ2) is 8.61. The van der Waals surface area contributed by atoms with Crippen LogP contribution in [0.1, 0.15) is 37.9 Å². The number of hydrogen-bond donors (Lipinski definition) is 1. The van der Waals surface area contributed by atoms with Gasteiger partial charge in [0, 0.05) is 4.90 Å². The van der Waals surface area contributed by atoms with E-state index in [-0.39, 0.29) is 30.3 Å². The molecule has 0 spiro atoms. The minimum atomic E-state index is -0.136. The quantitative estimate of drug-likeness (QED) is 0.814. The van der Waals surface area contributed by atoms with Gasteiger partial charge in [-0.05, 0) is 35.6 Å². The fraction of sp³-hybridized carbons (Fsp3) is 0.364. The Labute approximate surface area is 165 Å². The van der Waals surface area contributed by atoms with Crippen molar-refractivity contribution in [2.45, 2.75) is 38.1 Å². The Morgan fingerprint density at radius 1 is 1.15 bits per heavy atom. The zero-order valence-corrected chi connectivity index (χ0v) is 16.9. The zero-order chi connectivity index (χ0) is 19.4. The van der Waals surface area contributed by atoms with Crippen LogP contribution in [-0.2, 0) is 16.0 Å². The molecule has 0 radical (unpaired) electrons. The molecular weight excluding hydrogens is 356 g/mol. The largest absolute Gasteiger partial charge is 0.347 e. The van der Waals surface area contributed by atoms with Gasteiger partial charge in [0.15, 0.2) is 0 Å². The van der Waals surface area contributed by atoms with E-state index in [0.717, 1.165) is 22.6 Å². The average molecular weight is 383 g/mol. The van der Waals surface area contributed by atoms with E-state index in [9.17, 15) is 9.59 Å². The van der Waals surface area contributed by atoms with E-state index in [1.54, 1.807) is 4.90 Å². The normalized spacial score (nSPS) is 14.8. The molecular formula is C22H26N2O2S. The highest BCUT2D eigenvalue weighted by atomic mass is 32.2. The fourth-order valence-electron chi connectivity index (χ4n) is 3.29. The maximum atomic E-state index is 12.8. The third-order valence-corrected chi connectivity index (χ3v) is 5.89. The molecule has 4 nitrogen and oxygen atoms in total. The summed E-state index contributed by atoms with van der Waals surface area (Å²) in [6.45, 7) is 6.36. The number of carbonyl (C=O) groups excluding carboxylic acids is 2. The molecule has 2 aromatic rings. The molecule has 0 aliphatic carbocycles. The molecule has 0 aromatic heterocycles. The molecule has 1 N–H and O–H groups in total. The maximum absolute atomic E-state index is 12.8. The van der Waals surface area contributed by atoms with Crippen LogP contribution in [0.3, 0.4) is 0 Å². The summed E-state index contributed by atoms with van der Waals surface area (Å²) in [6, 6.07) is 16.1. The topological polar surface area (TPSA) is 49.4 Å². The molecule has 1 unspecified atom stereocenters. The number of fused-ring (bicyclic) bond motifs is 1. The predicted octanol–water partition coefficient (Wildman–Crippen LogP) is 4.20. The highest BCUT2D eigenvalue weighted by molar-refractivity contribution is 8.00. The Bertz CT molecular complexity index is 817. The number of benzene rings is 2. The first-order valence-electron chi connectivity index (χ1n) is 9.40. The van der Waals surface area contributed by atoms with Crippen molar-refractivity contribution in [3.8, 4) is 0 Å². The number of nitrogens with zero attached hydrogens (tertiary/aromatic N) is 1. The van der Waals surface area contributed by atoms with E-state index in [0.29, 0.717) is 5.75 Å². The number of hydrogen-bond acceptors (Lipinski definition) is 3. The van der Waals surface area contributed by atoms with Crippen molar-refractivity contribution in [2.75, 3.05) is 17.2 Å². The molecule has 1 heterocycles. The summed E-state index contributed by atoms with van der Waals surface area (Å²) < 4.78 is 0. The summed E-state index contributed by atoms with van der Waals surface area (Å²) in [6.07, 6.45) is 0.994. The number of anilines is 1. The van der Waals surface area contributed by atoms with E-state index in [1.165, 1.54) is 17.3 Å². The number of para-hydroxylation sites is 1. The first-order chi connectivity index (χ1) is 13.0. The van der Waals surface area contributed by atoms with Crippen molar-refractivity contribution in [1.82, 2.24) is 5.32 Å². The highest BCUT2D eigenvalue weighted by Crippen LogP contribution is 2.34. The number of nitrogens with one attached hydrogen (secondary N) is 1. The van der Waals surface area contributed by atoms with E-state index >= 15 is 0 Å². The first kappa shape index (κ1) is 19.5. The molecule has 1 atom stereocenters. The van der Waals surface area contributed by atoms with Gasteiger partial charge < -0.3 is 10.2 Å². The molecule has 27 heavy (non-hydrogen) atoms. The third kappa shape index (κ3) is 4.53. The van der Waals surface area contributed by atoms with E-state index in [2.05, 4.69) is 50.4 Å². The molecule has 142 valence electrons. The minimum Gasteiger partial charge on any atom is -0.347 e. The smallest absolute Gasteiger partial charge is 0.240 e. The predicted molar refractivity (Wildman–Crippen MR) is 111 cm³/mol. The van der Waals surface area contributed by atoms with E-state index in [4.69, 9.17) is 0 Å². The van der Waals surface area contributed by atoms with Gasteiger partial charge in [-0.3, -0.25) is 9.59 Å². The first-order valence-corrected chi connectivity index (χ1v) is 10.4. The van der Waals surface area contributed by atoms with Crippen LogP contribution in [-0.4, -0.2) is 24.1 Å². The van der Waals surface area contributed by atoms with Gasteiger partial charge >= 0.3 is 0 Å². The molecule has 0 fully saturated rings. The van der Waals surface area contributed by atoms with Crippen LogP contribution in [0.25, 0.3) is 0 Å².